The lowest BCUT2D eigenvalue weighted by atomic mass is 9.99. The summed E-state index contributed by atoms with van der Waals surface area (Å²) in [4.78, 5) is 21.0. The molecule has 0 saturated carbocycles. The van der Waals surface area contributed by atoms with Crippen LogP contribution in [0.15, 0.2) is 79.0 Å². The first-order valence-electron chi connectivity index (χ1n) is 13.2. The summed E-state index contributed by atoms with van der Waals surface area (Å²) >= 11 is 6.32. The van der Waals surface area contributed by atoms with Crippen LogP contribution in [0.25, 0.3) is 11.3 Å². The fourth-order valence-electron chi connectivity index (χ4n) is 4.80. The molecule has 0 saturated heterocycles. The summed E-state index contributed by atoms with van der Waals surface area (Å²) in [6, 6.07) is 24.8. The zero-order valence-corrected chi connectivity index (χ0v) is 23.4. The molecule has 1 amide bonds. The quantitative estimate of drug-likeness (QED) is 0.245. The Bertz CT molecular complexity index is 1470. The predicted molar refractivity (Wildman–Crippen MR) is 156 cm³/mol. The van der Waals surface area contributed by atoms with Crippen molar-refractivity contribution >= 4 is 17.5 Å². The van der Waals surface area contributed by atoms with E-state index in [-0.39, 0.29) is 17.9 Å². The molecule has 4 aromatic rings. The van der Waals surface area contributed by atoms with Gasteiger partial charge in [0.2, 0.25) is 0 Å². The topological polar surface area (TPSA) is 87.9 Å². The molecule has 3 aromatic carbocycles. The SMILES string of the molecule is Cc1ccc(C(=O)N(CCCN)C(c2nc(-c3cccc(Cl)c3)cn2Cc2cccc(C#N)c2)C(C)C)cc1. The highest BCUT2D eigenvalue weighted by molar-refractivity contribution is 6.30. The van der Waals surface area contributed by atoms with E-state index < -0.39 is 0 Å². The van der Waals surface area contributed by atoms with Gasteiger partial charge in [-0.25, -0.2) is 4.98 Å². The molecule has 1 heterocycles. The highest BCUT2D eigenvalue weighted by atomic mass is 35.5. The first kappa shape index (κ1) is 28.1. The van der Waals surface area contributed by atoms with Gasteiger partial charge in [-0.05, 0) is 67.8 Å². The Hall–Kier alpha value is -3.92. The Balaban J connectivity index is 1.84. The first-order chi connectivity index (χ1) is 18.8. The van der Waals surface area contributed by atoms with Crippen molar-refractivity contribution in [1.82, 2.24) is 14.5 Å². The van der Waals surface area contributed by atoms with Crippen molar-refractivity contribution in [3.63, 3.8) is 0 Å². The Kier molecular flexibility index (Phi) is 9.19. The number of aromatic nitrogens is 2. The molecule has 0 aliphatic heterocycles. The third kappa shape index (κ3) is 6.75. The van der Waals surface area contributed by atoms with Crippen molar-refractivity contribution in [2.45, 2.75) is 39.8 Å². The number of imidazole rings is 1. The number of benzene rings is 3. The van der Waals surface area contributed by atoms with Crippen molar-refractivity contribution in [2.24, 2.45) is 11.7 Å². The van der Waals surface area contributed by atoms with Crippen molar-refractivity contribution in [1.29, 1.82) is 5.26 Å². The minimum atomic E-state index is -0.308. The second-order valence-corrected chi connectivity index (χ2v) is 10.6. The van der Waals surface area contributed by atoms with Crippen LogP contribution < -0.4 is 5.73 Å². The van der Waals surface area contributed by atoms with E-state index in [1.54, 1.807) is 6.07 Å². The van der Waals surface area contributed by atoms with Gasteiger partial charge in [0.15, 0.2) is 0 Å². The number of nitriles is 1. The maximum atomic E-state index is 14.0. The average molecular weight is 540 g/mol. The summed E-state index contributed by atoms with van der Waals surface area (Å²) in [5.74, 6) is 0.795. The van der Waals surface area contributed by atoms with E-state index in [1.807, 2.05) is 84.8 Å². The van der Waals surface area contributed by atoms with Crippen LogP contribution in [0, 0.1) is 24.2 Å². The zero-order chi connectivity index (χ0) is 27.9. The molecule has 4 rings (SSSR count). The second kappa shape index (κ2) is 12.8. The van der Waals surface area contributed by atoms with Crippen LogP contribution in [0.3, 0.4) is 0 Å². The van der Waals surface area contributed by atoms with E-state index in [0.717, 1.165) is 28.2 Å². The molecule has 0 fully saturated rings. The third-order valence-corrected chi connectivity index (χ3v) is 6.97. The molecule has 1 aromatic heterocycles. The molecule has 0 spiro atoms. The van der Waals surface area contributed by atoms with Crippen LogP contribution >= 0.6 is 11.6 Å². The molecule has 6 nitrogen and oxygen atoms in total. The Labute approximate surface area is 235 Å². The monoisotopic (exact) mass is 539 g/mol. The van der Waals surface area contributed by atoms with E-state index in [0.29, 0.717) is 42.2 Å². The zero-order valence-electron chi connectivity index (χ0n) is 22.6. The molecule has 200 valence electrons. The molecule has 0 aliphatic carbocycles. The molecular formula is C32H34ClN5O. The number of nitrogens with two attached hydrogens (primary N) is 1. The van der Waals surface area contributed by atoms with Gasteiger partial charge >= 0.3 is 0 Å². The lowest BCUT2D eigenvalue weighted by molar-refractivity contribution is 0.0604. The van der Waals surface area contributed by atoms with E-state index in [4.69, 9.17) is 22.3 Å². The molecule has 1 atom stereocenters. The fraction of sp³-hybridized carbons (Fsp3) is 0.281. The Morgan fingerprint density at radius 2 is 1.85 bits per heavy atom. The number of rotatable bonds is 10. The first-order valence-corrected chi connectivity index (χ1v) is 13.6. The smallest absolute Gasteiger partial charge is 0.254 e. The molecule has 1 unspecified atom stereocenters. The summed E-state index contributed by atoms with van der Waals surface area (Å²) in [7, 11) is 0. The van der Waals surface area contributed by atoms with Crippen molar-refractivity contribution in [3.05, 3.63) is 112 Å². The number of hydrogen-bond acceptors (Lipinski definition) is 4. The molecule has 0 radical (unpaired) electrons. The molecule has 0 bridgehead atoms. The highest BCUT2D eigenvalue weighted by Gasteiger charge is 2.32. The second-order valence-electron chi connectivity index (χ2n) is 10.1. The van der Waals surface area contributed by atoms with Gasteiger partial charge in [-0.1, -0.05) is 67.4 Å². The Morgan fingerprint density at radius 1 is 1.10 bits per heavy atom. The number of carbonyl (C=O) groups is 1. The molecule has 39 heavy (non-hydrogen) atoms. The molecule has 0 aliphatic rings. The molecular weight excluding hydrogens is 506 g/mol. The van der Waals surface area contributed by atoms with Crippen LogP contribution in [-0.4, -0.2) is 33.4 Å². The number of halogens is 1. The maximum Gasteiger partial charge on any atom is 0.254 e. The van der Waals surface area contributed by atoms with Crippen LogP contribution in [0.5, 0.6) is 0 Å². The summed E-state index contributed by atoms with van der Waals surface area (Å²) < 4.78 is 2.09. The number of carbonyl (C=O) groups excluding carboxylic acids is 1. The van der Waals surface area contributed by atoms with E-state index in [1.165, 1.54) is 0 Å². The number of hydrogen-bond donors (Lipinski definition) is 1. The van der Waals surface area contributed by atoms with Gasteiger partial charge in [0.05, 0.1) is 23.4 Å². The van der Waals surface area contributed by atoms with Gasteiger partial charge in [-0.2, -0.15) is 5.26 Å². The fourth-order valence-corrected chi connectivity index (χ4v) is 4.99. The lowest BCUT2D eigenvalue weighted by Gasteiger charge is -2.34. The van der Waals surface area contributed by atoms with Crippen molar-refractivity contribution in [3.8, 4) is 17.3 Å². The molecule has 2 N–H and O–H groups in total. The van der Waals surface area contributed by atoms with Gasteiger partial charge < -0.3 is 15.2 Å². The number of amides is 1. The Morgan fingerprint density at radius 3 is 2.51 bits per heavy atom. The van der Waals surface area contributed by atoms with Gasteiger partial charge in [0.1, 0.15) is 5.82 Å². The molecule has 7 heteroatoms. The van der Waals surface area contributed by atoms with Gasteiger partial charge in [-0.15, -0.1) is 0 Å². The minimum Gasteiger partial charge on any atom is -0.330 e. The largest absolute Gasteiger partial charge is 0.330 e. The lowest BCUT2D eigenvalue weighted by Crippen LogP contribution is -2.40. The van der Waals surface area contributed by atoms with Crippen molar-refractivity contribution in [2.75, 3.05) is 13.1 Å². The van der Waals surface area contributed by atoms with Crippen LogP contribution in [0.1, 0.15) is 59.2 Å². The maximum absolute atomic E-state index is 14.0. The summed E-state index contributed by atoms with van der Waals surface area (Å²) in [6.45, 7) is 7.72. The van der Waals surface area contributed by atoms with Crippen LogP contribution in [0.4, 0.5) is 0 Å². The van der Waals surface area contributed by atoms with E-state index in [2.05, 4.69) is 24.5 Å². The van der Waals surface area contributed by atoms with Gasteiger partial charge in [-0.3, -0.25) is 4.79 Å². The highest BCUT2D eigenvalue weighted by Crippen LogP contribution is 2.33. The van der Waals surface area contributed by atoms with Crippen molar-refractivity contribution < 1.29 is 4.79 Å². The van der Waals surface area contributed by atoms with Crippen LogP contribution in [0.2, 0.25) is 5.02 Å². The summed E-state index contributed by atoms with van der Waals surface area (Å²) in [5, 5.41) is 10.1. The normalized spacial score (nSPS) is 11.8. The standard InChI is InChI=1S/C32H34ClN5O/c1-22(2)30(38(16-6-15-34)32(39)26-13-11-23(3)12-14-26)31-36-29(27-9-5-10-28(33)18-27)21-37(31)20-25-8-4-7-24(17-25)19-35/h4-5,7-14,17-18,21-22,30H,6,15-16,20,34H2,1-3H3. The number of aryl methyl sites for hydroxylation is 1. The van der Waals surface area contributed by atoms with Gasteiger partial charge in [0.25, 0.3) is 5.91 Å². The van der Waals surface area contributed by atoms with E-state index >= 15 is 0 Å². The third-order valence-electron chi connectivity index (χ3n) is 6.73. The van der Waals surface area contributed by atoms with E-state index in [9.17, 15) is 10.1 Å². The van der Waals surface area contributed by atoms with Crippen LogP contribution in [-0.2, 0) is 6.54 Å². The number of nitrogens with zero attached hydrogens (tertiary/aromatic N) is 4. The van der Waals surface area contributed by atoms with Gasteiger partial charge in [0, 0.05) is 35.4 Å². The predicted octanol–water partition coefficient (Wildman–Crippen LogP) is 6.62. The minimum absolute atomic E-state index is 0.0486. The average Bonchev–Trinajstić information content (AvgIpc) is 3.33. The summed E-state index contributed by atoms with van der Waals surface area (Å²) in [6.07, 6.45) is 2.68. The summed E-state index contributed by atoms with van der Waals surface area (Å²) in [5.41, 5.74) is 10.9.